The third-order valence-electron chi connectivity index (χ3n) is 2.21. The van der Waals surface area contributed by atoms with E-state index in [1.54, 1.807) is 0 Å². The molecule has 0 aromatic heterocycles. The smallest absolute Gasteiger partial charge is 0.217 e. The maximum atomic E-state index is 10.6. The van der Waals surface area contributed by atoms with E-state index in [0.29, 0.717) is 19.4 Å². The number of amides is 1. The predicted octanol–water partition coefficient (Wildman–Crippen LogP) is 1.17. The summed E-state index contributed by atoms with van der Waals surface area (Å²) in [5.74, 6) is -0.286. The fourth-order valence-corrected chi connectivity index (χ4v) is 1.09. The first-order valence-electron chi connectivity index (χ1n) is 5.33. The minimum Gasteiger partial charge on any atom is -0.375 e. The Bertz CT molecular complexity index is 207. The van der Waals surface area contributed by atoms with Gasteiger partial charge in [0.15, 0.2) is 0 Å². The Labute approximate surface area is 92.3 Å². The summed E-state index contributed by atoms with van der Waals surface area (Å²) in [5.41, 5.74) is 10.4. The number of primary amides is 1. The molecule has 4 heteroatoms. The van der Waals surface area contributed by atoms with Gasteiger partial charge in [0.1, 0.15) is 0 Å². The van der Waals surface area contributed by atoms with Gasteiger partial charge in [-0.1, -0.05) is 0 Å². The van der Waals surface area contributed by atoms with Gasteiger partial charge in [0, 0.05) is 18.6 Å². The van der Waals surface area contributed by atoms with Crippen molar-refractivity contribution in [2.24, 2.45) is 11.5 Å². The molecule has 0 aliphatic carbocycles. The Kier molecular flexibility index (Phi) is 5.24. The van der Waals surface area contributed by atoms with E-state index in [4.69, 9.17) is 16.2 Å². The summed E-state index contributed by atoms with van der Waals surface area (Å²) in [5, 5.41) is 0. The van der Waals surface area contributed by atoms with Crippen molar-refractivity contribution in [3.05, 3.63) is 0 Å². The molecule has 0 unspecified atom stereocenters. The standard InChI is InChI=1S/C11H24N2O2/c1-10(2,13)7-8-15-11(3,4)6-5-9(12)14/h5-8,13H2,1-4H3,(H2,12,14). The first-order chi connectivity index (χ1) is 6.62. The number of carbonyl (C=O) groups is 1. The van der Waals surface area contributed by atoms with Crippen molar-refractivity contribution in [1.82, 2.24) is 0 Å². The van der Waals surface area contributed by atoms with Crippen molar-refractivity contribution < 1.29 is 9.53 Å². The third kappa shape index (κ3) is 9.69. The van der Waals surface area contributed by atoms with Crippen molar-refractivity contribution >= 4 is 5.91 Å². The van der Waals surface area contributed by atoms with E-state index < -0.39 is 0 Å². The van der Waals surface area contributed by atoms with Crippen LogP contribution in [0.25, 0.3) is 0 Å². The van der Waals surface area contributed by atoms with Crippen molar-refractivity contribution in [2.45, 2.75) is 58.1 Å². The van der Waals surface area contributed by atoms with Gasteiger partial charge in [0.25, 0.3) is 0 Å². The molecule has 0 bridgehead atoms. The van der Waals surface area contributed by atoms with Gasteiger partial charge in [-0.05, 0) is 40.5 Å². The molecule has 1 amide bonds. The van der Waals surface area contributed by atoms with Crippen molar-refractivity contribution in [3.63, 3.8) is 0 Å². The molecular formula is C11H24N2O2. The first kappa shape index (κ1) is 14.4. The summed E-state index contributed by atoms with van der Waals surface area (Å²) in [4.78, 5) is 10.6. The van der Waals surface area contributed by atoms with E-state index in [-0.39, 0.29) is 17.0 Å². The predicted molar refractivity (Wildman–Crippen MR) is 61.3 cm³/mol. The van der Waals surface area contributed by atoms with Gasteiger partial charge in [0.05, 0.1) is 5.60 Å². The van der Waals surface area contributed by atoms with E-state index in [2.05, 4.69) is 0 Å². The topological polar surface area (TPSA) is 78.3 Å². The maximum Gasteiger partial charge on any atom is 0.217 e. The lowest BCUT2D eigenvalue weighted by molar-refractivity contribution is -0.119. The highest BCUT2D eigenvalue weighted by Crippen LogP contribution is 2.17. The molecule has 0 heterocycles. The summed E-state index contributed by atoms with van der Waals surface area (Å²) in [7, 11) is 0. The van der Waals surface area contributed by atoms with Gasteiger partial charge in [-0.3, -0.25) is 4.79 Å². The Morgan fingerprint density at radius 3 is 2.13 bits per heavy atom. The highest BCUT2D eigenvalue weighted by Gasteiger charge is 2.20. The molecular weight excluding hydrogens is 192 g/mol. The molecule has 0 aliphatic heterocycles. The largest absolute Gasteiger partial charge is 0.375 e. The number of carbonyl (C=O) groups excluding carboxylic acids is 1. The van der Waals surface area contributed by atoms with E-state index in [1.165, 1.54) is 0 Å². The van der Waals surface area contributed by atoms with Crippen LogP contribution in [0.3, 0.4) is 0 Å². The van der Waals surface area contributed by atoms with Crippen molar-refractivity contribution in [1.29, 1.82) is 0 Å². The van der Waals surface area contributed by atoms with E-state index in [9.17, 15) is 4.79 Å². The van der Waals surface area contributed by atoms with Crippen LogP contribution in [-0.4, -0.2) is 23.7 Å². The molecule has 0 aromatic carbocycles. The van der Waals surface area contributed by atoms with Crippen LogP contribution in [0, 0.1) is 0 Å². The van der Waals surface area contributed by atoms with Gasteiger partial charge in [-0.15, -0.1) is 0 Å². The van der Waals surface area contributed by atoms with Crippen LogP contribution in [0.1, 0.15) is 47.0 Å². The molecule has 0 saturated heterocycles. The Morgan fingerprint density at radius 1 is 1.20 bits per heavy atom. The van der Waals surface area contributed by atoms with Crippen molar-refractivity contribution in [2.75, 3.05) is 6.61 Å². The number of ether oxygens (including phenoxy) is 1. The normalized spacial score (nSPS) is 12.9. The molecule has 4 N–H and O–H groups in total. The zero-order valence-corrected chi connectivity index (χ0v) is 10.3. The van der Waals surface area contributed by atoms with Crippen LogP contribution in [0.2, 0.25) is 0 Å². The fraction of sp³-hybridized carbons (Fsp3) is 0.909. The van der Waals surface area contributed by atoms with Gasteiger partial charge in [-0.2, -0.15) is 0 Å². The SMILES string of the molecule is CC(C)(N)CCOC(C)(C)CCC(N)=O. The second-order valence-electron chi connectivity index (χ2n) is 5.31. The third-order valence-corrected chi connectivity index (χ3v) is 2.21. The van der Waals surface area contributed by atoms with Gasteiger partial charge in [-0.25, -0.2) is 0 Å². The lowest BCUT2D eigenvalue weighted by Crippen LogP contribution is -2.35. The number of hydrogen-bond acceptors (Lipinski definition) is 3. The Hall–Kier alpha value is -0.610. The van der Waals surface area contributed by atoms with E-state index >= 15 is 0 Å². The molecule has 0 radical (unpaired) electrons. The molecule has 4 nitrogen and oxygen atoms in total. The molecule has 15 heavy (non-hydrogen) atoms. The lowest BCUT2D eigenvalue weighted by atomic mass is 10.0. The molecule has 0 aromatic rings. The van der Waals surface area contributed by atoms with Crippen LogP contribution in [0.15, 0.2) is 0 Å². The number of hydrogen-bond donors (Lipinski definition) is 2. The quantitative estimate of drug-likeness (QED) is 0.670. The number of rotatable bonds is 7. The van der Waals surface area contributed by atoms with Crippen LogP contribution < -0.4 is 11.5 Å². The molecule has 0 atom stereocenters. The van der Waals surface area contributed by atoms with Crippen LogP contribution in [0.5, 0.6) is 0 Å². The summed E-state index contributed by atoms with van der Waals surface area (Å²) in [6.45, 7) is 8.45. The van der Waals surface area contributed by atoms with Gasteiger partial charge < -0.3 is 16.2 Å². The monoisotopic (exact) mass is 216 g/mol. The summed E-state index contributed by atoms with van der Waals surface area (Å²) < 4.78 is 5.67. The average molecular weight is 216 g/mol. The van der Waals surface area contributed by atoms with Crippen molar-refractivity contribution in [3.8, 4) is 0 Å². The Morgan fingerprint density at radius 2 is 1.73 bits per heavy atom. The molecule has 90 valence electrons. The van der Waals surface area contributed by atoms with Gasteiger partial charge in [0.2, 0.25) is 5.91 Å². The molecule has 0 rings (SSSR count). The minimum atomic E-state index is -0.305. The lowest BCUT2D eigenvalue weighted by Gasteiger charge is -2.27. The molecule has 0 aliphatic rings. The first-order valence-corrected chi connectivity index (χ1v) is 5.33. The van der Waals surface area contributed by atoms with Crippen LogP contribution >= 0.6 is 0 Å². The number of nitrogens with two attached hydrogens (primary N) is 2. The summed E-state index contributed by atoms with van der Waals surface area (Å²) >= 11 is 0. The van der Waals surface area contributed by atoms with Crippen LogP contribution in [0.4, 0.5) is 0 Å². The highest BCUT2D eigenvalue weighted by atomic mass is 16.5. The van der Waals surface area contributed by atoms with Gasteiger partial charge >= 0.3 is 0 Å². The van der Waals surface area contributed by atoms with E-state index in [0.717, 1.165) is 6.42 Å². The van der Waals surface area contributed by atoms with Crippen LogP contribution in [-0.2, 0) is 9.53 Å². The molecule has 0 fully saturated rings. The fourth-order valence-electron chi connectivity index (χ4n) is 1.09. The second-order valence-corrected chi connectivity index (χ2v) is 5.31. The highest BCUT2D eigenvalue weighted by molar-refractivity contribution is 5.73. The molecule has 0 saturated carbocycles. The minimum absolute atomic E-state index is 0.209. The summed E-state index contributed by atoms with van der Waals surface area (Å²) in [6.07, 6.45) is 1.80. The Balaban J connectivity index is 3.78. The van der Waals surface area contributed by atoms with E-state index in [1.807, 2.05) is 27.7 Å². The average Bonchev–Trinajstić information content (AvgIpc) is 1.98. The summed E-state index contributed by atoms with van der Waals surface area (Å²) in [6, 6.07) is 0. The second kappa shape index (κ2) is 5.47. The zero-order valence-electron chi connectivity index (χ0n) is 10.3. The maximum absolute atomic E-state index is 10.6. The zero-order chi connectivity index (χ0) is 12.1. The molecule has 0 spiro atoms.